The van der Waals surface area contributed by atoms with Crippen LogP contribution in [0, 0.1) is 13.8 Å². The number of para-hydroxylation sites is 1. The Bertz CT molecular complexity index is 659. The van der Waals surface area contributed by atoms with Crippen molar-refractivity contribution in [2.45, 2.75) is 53.0 Å². The Morgan fingerprint density at radius 3 is 2.45 bits per heavy atom. The number of aryl methyl sites for hydroxylation is 2. The second-order valence-electron chi connectivity index (χ2n) is 5.74. The van der Waals surface area contributed by atoms with Gasteiger partial charge in [0.05, 0.1) is 11.2 Å². The van der Waals surface area contributed by atoms with Crippen molar-refractivity contribution in [3.63, 3.8) is 0 Å². The second-order valence-corrected chi connectivity index (χ2v) is 5.74. The molecule has 0 fully saturated rings. The Balaban J connectivity index is 2.55. The zero-order chi connectivity index (χ0) is 16.3. The minimum Gasteiger partial charge on any atom is -0.344 e. The molecular weight excluding hydrogens is 278 g/mol. The minimum atomic E-state index is -0.606. The molecule has 0 aliphatic rings. The molecule has 0 aliphatic heterocycles. The third kappa shape index (κ3) is 2.86. The summed E-state index contributed by atoms with van der Waals surface area (Å²) >= 11 is 0. The van der Waals surface area contributed by atoms with Gasteiger partial charge >= 0.3 is 0 Å². The van der Waals surface area contributed by atoms with Crippen LogP contribution in [0.25, 0.3) is 5.69 Å². The molecule has 1 heterocycles. The molecule has 118 valence electrons. The van der Waals surface area contributed by atoms with Gasteiger partial charge in [-0.3, -0.25) is 4.79 Å². The zero-order valence-electron chi connectivity index (χ0n) is 13.8. The van der Waals surface area contributed by atoms with Gasteiger partial charge in [-0.2, -0.15) is 4.68 Å². The maximum absolute atomic E-state index is 11.9. The smallest absolute Gasteiger partial charge is 0.220 e. The molecular formula is C16H23N5O. The summed E-state index contributed by atoms with van der Waals surface area (Å²) in [6, 6.07) is 6.07. The van der Waals surface area contributed by atoms with Gasteiger partial charge in [0.2, 0.25) is 5.91 Å². The van der Waals surface area contributed by atoms with Gasteiger partial charge in [-0.15, -0.1) is 5.10 Å². The van der Waals surface area contributed by atoms with Crippen LogP contribution in [-0.2, 0) is 10.3 Å². The maximum Gasteiger partial charge on any atom is 0.220 e. The fourth-order valence-corrected chi connectivity index (χ4v) is 2.52. The van der Waals surface area contributed by atoms with Crippen LogP contribution in [-0.4, -0.2) is 26.1 Å². The Labute approximate surface area is 130 Å². The Morgan fingerprint density at radius 2 is 1.91 bits per heavy atom. The molecule has 0 saturated carbocycles. The number of carbonyl (C=O) groups excluding carboxylic acids is 1. The SMILES string of the molecule is CCC(=O)NC(C)(CC)c1nnnn1-c1c(C)cccc1C. The van der Waals surface area contributed by atoms with Crippen molar-refractivity contribution in [3.05, 3.63) is 35.2 Å². The van der Waals surface area contributed by atoms with Gasteiger partial charge in [0, 0.05) is 6.42 Å². The van der Waals surface area contributed by atoms with E-state index >= 15 is 0 Å². The molecule has 22 heavy (non-hydrogen) atoms. The van der Waals surface area contributed by atoms with Crippen molar-refractivity contribution in [2.75, 3.05) is 0 Å². The molecule has 2 rings (SSSR count). The summed E-state index contributed by atoms with van der Waals surface area (Å²) in [5.41, 5.74) is 2.54. The first-order chi connectivity index (χ1) is 10.4. The highest BCUT2D eigenvalue weighted by Crippen LogP contribution is 2.26. The fourth-order valence-electron chi connectivity index (χ4n) is 2.52. The van der Waals surface area contributed by atoms with E-state index in [0.717, 1.165) is 16.8 Å². The summed E-state index contributed by atoms with van der Waals surface area (Å²) in [5, 5.41) is 15.2. The number of nitrogens with one attached hydrogen (secondary N) is 1. The van der Waals surface area contributed by atoms with E-state index in [2.05, 4.69) is 20.8 Å². The van der Waals surface area contributed by atoms with Crippen LogP contribution in [0.1, 0.15) is 50.6 Å². The highest BCUT2D eigenvalue weighted by Gasteiger charge is 2.33. The predicted molar refractivity (Wildman–Crippen MR) is 84.7 cm³/mol. The van der Waals surface area contributed by atoms with Crippen molar-refractivity contribution < 1.29 is 4.79 Å². The van der Waals surface area contributed by atoms with Crippen LogP contribution in [0.15, 0.2) is 18.2 Å². The van der Waals surface area contributed by atoms with Gasteiger partial charge in [0.1, 0.15) is 0 Å². The Morgan fingerprint density at radius 1 is 1.27 bits per heavy atom. The molecule has 1 amide bonds. The van der Waals surface area contributed by atoms with Gasteiger partial charge in [0.15, 0.2) is 5.82 Å². The maximum atomic E-state index is 11.9. The standard InChI is InChI=1S/C16H23N5O/c1-6-13(22)17-16(5,7-2)15-18-19-20-21(15)14-11(3)9-8-10-12(14)4/h8-10H,6-7H2,1-5H3,(H,17,22). The number of rotatable bonds is 5. The molecule has 6 nitrogen and oxygen atoms in total. The van der Waals surface area contributed by atoms with E-state index in [1.165, 1.54) is 0 Å². The molecule has 6 heteroatoms. The molecule has 0 saturated heterocycles. The van der Waals surface area contributed by atoms with Crippen LogP contribution in [0.2, 0.25) is 0 Å². The lowest BCUT2D eigenvalue weighted by molar-refractivity contribution is -0.122. The molecule has 1 unspecified atom stereocenters. The lowest BCUT2D eigenvalue weighted by Gasteiger charge is -2.28. The van der Waals surface area contributed by atoms with Crippen molar-refractivity contribution in [1.29, 1.82) is 0 Å². The molecule has 0 aliphatic carbocycles. The zero-order valence-corrected chi connectivity index (χ0v) is 13.8. The average molecular weight is 301 g/mol. The summed E-state index contributed by atoms with van der Waals surface area (Å²) in [7, 11) is 0. The van der Waals surface area contributed by atoms with Crippen LogP contribution in [0.4, 0.5) is 0 Å². The van der Waals surface area contributed by atoms with E-state index in [-0.39, 0.29) is 5.91 Å². The van der Waals surface area contributed by atoms with Crippen LogP contribution >= 0.6 is 0 Å². The third-order valence-corrected chi connectivity index (χ3v) is 4.06. The lowest BCUT2D eigenvalue weighted by Crippen LogP contribution is -2.44. The van der Waals surface area contributed by atoms with Crippen molar-refractivity contribution in [2.24, 2.45) is 0 Å². The van der Waals surface area contributed by atoms with Crippen LogP contribution in [0.3, 0.4) is 0 Å². The minimum absolute atomic E-state index is 0.0135. The van der Waals surface area contributed by atoms with Gasteiger partial charge < -0.3 is 5.32 Å². The van der Waals surface area contributed by atoms with Gasteiger partial charge in [-0.1, -0.05) is 32.0 Å². The van der Waals surface area contributed by atoms with Crippen LogP contribution in [0.5, 0.6) is 0 Å². The van der Waals surface area contributed by atoms with Crippen molar-refractivity contribution >= 4 is 5.91 Å². The topological polar surface area (TPSA) is 72.7 Å². The van der Waals surface area contributed by atoms with Crippen LogP contribution < -0.4 is 5.32 Å². The number of hydrogen-bond donors (Lipinski definition) is 1. The molecule has 2 aromatic rings. The molecule has 1 atom stereocenters. The first kappa shape index (κ1) is 16.1. The van der Waals surface area contributed by atoms with E-state index < -0.39 is 5.54 Å². The number of nitrogens with zero attached hydrogens (tertiary/aromatic N) is 4. The molecule has 0 radical (unpaired) electrons. The van der Waals surface area contributed by atoms with Crippen molar-refractivity contribution in [1.82, 2.24) is 25.5 Å². The Kier molecular flexibility index (Phi) is 4.59. The quantitative estimate of drug-likeness (QED) is 0.920. The first-order valence-electron chi connectivity index (χ1n) is 7.59. The summed E-state index contributed by atoms with van der Waals surface area (Å²) in [6.45, 7) is 9.86. The summed E-state index contributed by atoms with van der Waals surface area (Å²) < 4.78 is 1.74. The largest absolute Gasteiger partial charge is 0.344 e. The summed E-state index contributed by atoms with van der Waals surface area (Å²) in [4.78, 5) is 11.9. The highest BCUT2D eigenvalue weighted by atomic mass is 16.1. The number of carbonyl (C=O) groups is 1. The number of aromatic nitrogens is 4. The van der Waals surface area contributed by atoms with Crippen molar-refractivity contribution in [3.8, 4) is 5.69 Å². The van der Waals surface area contributed by atoms with E-state index in [0.29, 0.717) is 18.7 Å². The van der Waals surface area contributed by atoms with E-state index in [9.17, 15) is 4.79 Å². The lowest BCUT2D eigenvalue weighted by atomic mass is 9.96. The average Bonchev–Trinajstić information content (AvgIpc) is 2.96. The fraction of sp³-hybridized carbons (Fsp3) is 0.500. The third-order valence-electron chi connectivity index (χ3n) is 4.06. The number of tetrazole rings is 1. The molecule has 1 aromatic heterocycles. The Hall–Kier alpha value is -2.24. The summed E-state index contributed by atoms with van der Waals surface area (Å²) in [6.07, 6.45) is 1.13. The molecule has 1 N–H and O–H groups in total. The monoisotopic (exact) mass is 301 g/mol. The molecule has 0 spiro atoms. The molecule has 1 aromatic carbocycles. The second kappa shape index (κ2) is 6.25. The van der Waals surface area contributed by atoms with Gasteiger partial charge in [-0.05, 0) is 48.7 Å². The normalized spacial score (nSPS) is 13.7. The number of benzene rings is 1. The first-order valence-corrected chi connectivity index (χ1v) is 7.59. The van der Waals surface area contributed by atoms with Gasteiger partial charge in [0.25, 0.3) is 0 Å². The number of hydrogen-bond acceptors (Lipinski definition) is 4. The van der Waals surface area contributed by atoms with E-state index in [1.54, 1.807) is 4.68 Å². The highest BCUT2D eigenvalue weighted by molar-refractivity contribution is 5.76. The molecule has 0 bridgehead atoms. The predicted octanol–water partition coefficient (Wildman–Crippen LogP) is 2.43. The van der Waals surface area contributed by atoms with E-state index in [1.807, 2.05) is 52.8 Å². The number of amides is 1. The van der Waals surface area contributed by atoms with Gasteiger partial charge in [-0.25, -0.2) is 0 Å². The van der Waals surface area contributed by atoms with E-state index in [4.69, 9.17) is 0 Å². The summed E-state index contributed by atoms with van der Waals surface area (Å²) in [5.74, 6) is 0.634.